The van der Waals surface area contributed by atoms with Crippen molar-refractivity contribution in [3.63, 3.8) is 0 Å². The molecule has 1 heterocycles. The van der Waals surface area contributed by atoms with E-state index in [4.69, 9.17) is 21.1 Å². The molecular weight excluding hydrogens is 440 g/mol. The molecule has 1 aromatic heterocycles. The van der Waals surface area contributed by atoms with Crippen LogP contribution in [-0.4, -0.2) is 32.6 Å². The van der Waals surface area contributed by atoms with Gasteiger partial charge in [-0.3, -0.25) is 0 Å². The average Bonchev–Trinajstić information content (AvgIpc) is 2.71. The maximum absolute atomic E-state index is 14.5. The number of ether oxygens (including phenoxy) is 2. The lowest BCUT2D eigenvalue weighted by Gasteiger charge is -2.25. The smallest absolute Gasteiger partial charge is 0.270 e. The number of hydrogen-bond acceptors (Lipinski definition) is 6. The summed E-state index contributed by atoms with van der Waals surface area (Å²) in [6.07, 6.45) is 2.48. The first-order valence-electron chi connectivity index (χ1n) is 8.42. The standard InChI is InChI=1S/C19H16ClF2N3O4S/c1-28-14-4-3-12(17(9-14)29-2)10-25(18-5-6-23-11-24-18)30(26,27)19-15(20)7-13(21)8-16(19)22/h3-9,11H,10H2,1-2H3. The van der Waals surface area contributed by atoms with Crippen molar-refractivity contribution in [2.45, 2.75) is 11.4 Å². The Balaban J connectivity index is 2.16. The second-order valence-corrected chi connectivity index (χ2v) is 8.16. The molecule has 0 radical (unpaired) electrons. The summed E-state index contributed by atoms with van der Waals surface area (Å²) < 4.78 is 66.0. The summed E-state index contributed by atoms with van der Waals surface area (Å²) in [7, 11) is -1.70. The van der Waals surface area contributed by atoms with E-state index in [0.717, 1.165) is 16.7 Å². The Morgan fingerprint density at radius 2 is 1.87 bits per heavy atom. The fourth-order valence-electron chi connectivity index (χ4n) is 2.74. The Kier molecular flexibility index (Phi) is 6.37. The Bertz CT molecular complexity index is 1140. The van der Waals surface area contributed by atoms with Crippen LogP contribution in [0.2, 0.25) is 5.02 Å². The van der Waals surface area contributed by atoms with Crippen LogP contribution in [0.4, 0.5) is 14.6 Å². The Labute approximate surface area is 176 Å². The van der Waals surface area contributed by atoms with E-state index in [9.17, 15) is 17.2 Å². The van der Waals surface area contributed by atoms with Crippen LogP contribution in [0.25, 0.3) is 0 Å². The highest BCUT2D eigenvalue weighted by Gasteiger charge is 2.32. The van der Waals surface area contributed by atoms with Crippen LogP contribution >= 0.6 is 11.6 Å². The minimum Gasteiger partial charge on any atom is -0.497 e. The first kappa shape index (κ1) is 21.7. The number of hydrogen-bond donors (Lipinski definition) is 0. The lowest BCUT2D eigenvalue weighted by atomic mass is 10.2. The average molecular weight is 456 g/mol. The number of benzene rings is 2. The lowest BCUT2D eigenvalue weighted by molar-refractivity contribution is 0.391. The monoisotopic (exact) mass is 455 g/mol. The molecule has 0 aliphatic carbocycles. The number of methoxy groups -OCH3 is 2. The molecule has 0 aliphatic rings. The fourth-order valence-corrected chi connectivity index (χ4v) is 4.72. The molecule has 3 aromatic rings. The zero-order valence-electron chi connectivity index (χ0n) is 15.8. The highest BCUT2D eigenvalue weighted by Crippen LogP contribution is 2.33. The summed E-state index contributed by atoms with van der Waals surface area (Å²) in [6.45, 7) is -0.278. The molecule has 0 spiro atoms. The molecule has 30 heavy (non-hydrogen) atoms. The maximum atomic E-state index is 14.5. The Morgan fingerprint density at radius 1 is 1.10 bits per heavy atom. The molecule has 0 N–H and O–H groups in total. The van der Waals surface area contributed by atoms with E-state index in [0.29, 0.717) is 23.1 Å². The molecular formula is C19H16ClF2N3O4S. The molecule has 158 valence electrons. The van der Waals surface area contributed by atoms with Crippen molar-refractivity contribution < 1.29 is 26.7 Å². The molecule has 0 atom stereocenters. The largest absolute Gasteiger partial charge is 0.497 e. The van der Waals surface area contributed by atoms with Crippen molar-refractivity contribution in [1.29, 1.82) is 0 Å². The Hall–Kier alpha value is -2.98. The van der Waals surface area contributed by atoms with Crippen molar-refractivity contribution in [3.05, 3.63) is 71.1 Å². The fraction of sp³-hybridized carbons (Fsp3) is 0.158. The number of aromatic nitrogens is 2. The van der Waals surface area contributed by atoms with Crippen LogP contribution in [0.15, 0.2) is 53.8 Å². The van der Waals surface area contributed by atoms with Crippen molar-refractivity contribution >= 4 is 27.4 Å². The van der Waals surface area contributed by atoms with Gasteiger partial charge in [-0.2, -0.15) is 0 Å². The Morgan fingerprint density at radius 3 is 2.47 bits per heavy atom. The molecule has 7 nitrogen and oxygen atoms in total. The van der Waals surface area contributed by atoms with Crippen molar-refractivity contribution in [2.24, 2.45) is 0 Å². The highest BCUT2D eigenvalue weighted by atomic mass is 35.5. The molecule has 0 saturated heterocycles. The zero-order chi connectivity index (χ0) is 21.9. The predicted octanol–water partition coefficient (Wildman–Crippen LogP) is 3.82. The zero-order valence-corrected chi connectivity index (χ0v) is 17.4. The summed E-state index contributed by atoms with van der Waals surface area (Å²) in [4.78, 5) is 6.87. The van der Waals surface area contributed by atoms with Crippen LogP contribution < -0.4 is 13.8 Å². The first-order chi connectivity index (χ1) is 14.3. The lowest BCUT2D eigenvalue weighted by Crippen LogP contribution is -2.32. The van der Waals surface area contributed by atoms with E-state index in [1.54, 1.807) is 18.2 Å². The number of halogens is 3. The first-order valence-corrected chi connectivity index (χ1v) is 10.2. The predicted molar refractivity (Wildman–Crippen MR) is 106 cm³/mol. The summed E-state index contributed by atoms with van der Waals surface area (Å²) in [5.74, 6) is -1.51. The van der Waals surface area contributed by atoms with E-state index in [1.807, 2.05) is 0 Å². The SMILES string of the molecule is COc1ccc(CN(c2ccncn2)S(=O)(=O)c2c(F)cc(F)cc2Cl)c(OC)c1. The topological polar surface area (TPSA) is 81.6 Å². The molecule has 2 aromatic carbocycles. The summed E-state index contributed by atoms with van der Waals surface area (Å²) in [5, 5.41) is -0.590. The normalized spacial score (nSPS) is 11.2. The molecule has 3 rings (SSSR count). The van der Waals surface area contributed by atoms with E-state index in [2.05, 4.69) is 9.97 Å². The molecule has 0 amide bonds. The van der Waals surface area contributed by atoms with Gasteiger partial charge in [0.05, 0.1) is 25.8 Å². The summed E-state index contributed by atoms with van der Waals surface area (Å²) >= 11 is 5.89. The van der Waals surface area contributed by atoms with Crippen molar-refractivity contribution in [2.75, 3.05) is 18.5 Å². The second kappa shape index (κ2) is 8.80. The van der Waals surface area contributed by atoms with Gasteiger partial charge in [-0.05, 0) is 18.2 Å². The van der Waals surface area contributed by atoms with E-state index >= 15 is 0 Å². The minimum atomic E-state index is -4.59. The third-order valence-corrected chi connectivity index (χ3v) is 6.38. The maximum Gasteiger partial charge on any atom is 0.270 e. The molecule has 11 heteroatoms. The minimum absolute atomic E-state index is 0.0392. The van der Waals surface area contributed by atoms with Gasteiger partial charge < -0.3 is 9.47 Å². The van der Waals surface area contributed by atoms with Crippen molar-refractivity contribution in [1.82, 2.24) is 9.97 Å². The van der Waals surface area contributed by atoms with Gasteiger partial charge in [0.15, 0.2) is 0 Å². The third-order valence-electron chi connectivity index (χ3n) is 4.14. The van der Waals surface area contributed by atoms with Crippen LogP contribution in [0.5, 0.6) is 11.5 Å². The van der Waals surface area contributed by atoms with Crippen LogP contribution in [0.1, 0.15) is 5.56 Å². The van der Waals surface area contributed by atoms with Crippen LogP contribution in [-0.2, 0) is 16.6 Å². The van der Waals surface area contributed by atoms with E-state index in [-0.39, 0.29) is 12.4 Å². The quantitative estimate of drug-likeness (QED) is 0.538. The van der Waals surface area contributed by atoms with E-state index < -0.39 is 31.6 Å². The van der Waals surface area contributed by atoms with Gasteiger partial charge in [0, 0.05) is 30.0 Å². The van der Waals surface area contributed by atoms with Gasteiger partial charge >= 0.3 is 0 Å². The summed E-state index contributed by atoms with van der Waals surface area (Å²) in [5.41, 5.74) is 0.444. The third kappa shape index (κ3) is 4.29. The van der Waals surface area contributed by atoms with Crippen molar-refractivity contribution in [3.8, 4) is 11.5 Å². The highest BCUT2D eigenvalue weighted by molar-refractivity contribution is 7.93. The van der Waals surface area contributed by atoms with Gasteiger partial charge in [-0.25, -0.2) is 31.5 Å². The molecule has 0 fully saturated rings. The van der Waals surface area contributed by atoms with Crippen LogP contribution in [0.3, 0.4) is 0 Å². The van der Waals surface area contributed by atoms with Crippen LogP contribution in [0, 0.1) is 11.6 Å². The van der Waals surface area contributed by atoms with Gasteiger partial charge in [0.2, 0.25) is 0 Å². The van der Waals surface area contributed by atoms with Gasteiger partial charge in [-0.1, -0.05) is 11.6 Å². The molecule has 0 saturated carbocycles. The molecule has 0 unspecified atom stereocenters. The van der Waals surface area contributed by atoms with Gasteiger partial charge in [0.25, 0.3) is 10.0 Å². The molecule has 0 bridgehead atoms. The van der Waals surface area contributed by atoms with Gasteiger partial charge in [0.1, 0.15) is 40.2 Å². The number of nitrogens with zero attached hydrogens (tertiary/aromatic N) is 3. The number of rotatable bonds is 7. The van der Waals surface area contributed by atoms with Gasteiger partial charge in [-0.15, -0.1) is 0 Å². The number of sulfonamides is 1. The second-order valence-electron chi connectivity index (χ2n) is 5.96. The summed E-state index contributed by atoms with van der Waals surface area (Å²) in [6, 6.07) is 7.31. The van der Waals surface area contributed by atoms with E-state index in [1.165, 1.54) is 26.5 Å². The molecule has 0 aliphatic heterocycles. The number of anilines is 1.